The summed E-state index contributed by atoms with van der Waals surface area (Å²) in [6, 6.07) is -1.31. The molecule has 0 aromatic carbocycles. The van der Waals surface area contributed by atoms with Crippen LogP contribution in [0.2, 0.25) is 0 Å². The van der Waals surface area contributed by atoms with Crippen LogP contribution in [-0.2, 0) is 13.9 Å². The summed E-state index contributed by atoms with van der Waals surface area (Å²) in [7, 11) is -4.77. The normalized spacial score (nSPS) is 15.3. The van der Waals surface area contributed by atoms with E-state index < -0.39 is 39.2 Å². The number of unbranched alkanes of at least 4 members (excludes halogenated alkanes) is 1. The molecule has 9 nitrogen and oxygen atoms in total. The lowest BCUT2D eigenvalue weighted by molar-refractivity contribution is -0.145. The van der Waals surface area contributed by atoms with E-state index in [0.717, 1.165) is 6.42 Å². The molecular formula is C10H22NO8P. The first-order valence-corrected chi connectivity index (χ1v) is 7.70. The number of aliphatic hydroxyl groups excluding tert-OH is 2. The molecule has 0 aromatic rings. The van der Waals surface area contributed by atoms with Crippen LogP contribution in [0, 0.1) is 0 Å². The molecule has 120 valence electrons. The molecular weight excluding hydrogens is 293 g/mol. The van der Waals surface area contributed by atoms with Gasteiger partial charge in [-0.1, -0.05) is 13.3 Å². The minimum atomic E-state index is -4.77. The van der Waals surface area contributed by atoms with Crippen molar-refractivity contribution in [2.45, 2.75) is 31.9 Å². The van der Waals surface area contributed by atoms with Crippen molar-refractivity contribution >= 4 is 13.8 Å². The molecule has 0 aliphatic carbocycles. The molecule has 0 aromatic heterocycles. The Morgan fingerprint density at radius 1 is 1.40 bits per heavy atom. The van der Waals surface area contributed by atoms with Crippen LogP contribution in [0.1, 0.15) is 19.8 Å². The van der Waals surface area contributed by atoms with E-state index in [0.29, 0.717) is 13.0 Å². The van der Waals surface area contributed by atoms with E-state index in [-0.39, 0.29) is 6.54 Å². The number of nitrogens with zero attached hydrogens (tertiary/aromatic N) is 1. The number of aliphatic carboxylic acids is 1. The standard InChI is InChI=1S/C10H22NO8P/c1-2-3-4-11(5-8(13)6-12)9(10(14)15)7-19-20(16,17)18/h8-9,12-13H,2-7H2,1H3,(H,14,15)(H2,16,17,18)/t8?,9-/m0/s1. The van der Waals surface area contributed by atoms with Gasteiger partial charge in [-0.2, -0.15) is 0 Å². The maximum atomic E-state index is 11.2. The maximum absolute atomic E-state index is 11.2. The molecule has 1 unspecified atom stereocenters. The van der Waals surface area contributed by atoms with Gasteiger partial charge >= 0.3 is 13.8 Å². The number of phosphoric ester groups is 1. The van der Waals surface area contributed by atoms with Crippen molar-refractivity contribution in [2.75, 3.05) is 26.3 Å². The van der Waals surface area contributed by atoms with Gasteiger partial charge in [-0.15, -0.1) is 0 Å². The monoisotopic (exact) mass is 315 g/mol. The van der Waals surface area contributed by atoms with Crippen molar-refractivity contribution < 1.29 is 39.0 Å². The largest absolute Gasteiger partial charge is 0.480 e. The minimum absolute atomic E-state index is 0.127. The fourth-order valence-electron chi connectivity index (χ4n) is 1.56. The van der Waals surface area contributed by atoms with Gasteiger partial charge in [-0.25, -0.2) is 4.57 Å². The van der Waals surface area contributed by atoms with Gasteiger partial charge < -0.3 is 25.1 Å². The lowest BCUT2D eigenvalue weighted by Crippen LogP contribution is -2.48. The van der Waals surface area contributed by atoms with Gasteiger partial charge in [0.15, 0.2) is 0 Å². The number of aliphatic hydroxyl groups is 2. The number of carboxylic acids is 1. The molecule has 0 fully saturated rings. The molecule has 10 heteroatoms. The van der Waals surface area contributed by atoms with Gasteiger partial charge in [-0.3, -0.25) is 14.2 Å². The Bertz CT molecular complexity index is 333. The zero-order valence-corrected chi connectivity index (χ0v) is 12.1. The van der Waals surface area contributed by atoms with E-state index in [2.05, 4.69) is 4.52 Å². The third kappa shape index (κ3) is 8.60. The first-order chi connectivity index (χ1) is 9.21. The summed E-state index contributed by atoms with van der Waals surface area (Å²) in [5, 5.41) is 27.3. The second kappa shape index (κ2) is 9.41. The van der Waals surface area contributed by atoms with Gasteiger partial charge in [0.2, 0.25) is 0 Å². The van der Waals surface area contributed by atoms with Crippen LogP contribution in [0.15, 0.2) is 0 Å². The Hall–Kier alpha value is -0.540. The fraction of sp³-hybridized carbons (Fsp3) is 0.900. The van der Waals surface area contributed by atoms with Crippen LogP contribution in [-0.4, -0.2) is 74.4 Å². The molecule has 0 bridgehead atoms. The Labute approximate surface area is 117 Å². The molecule has 0 aliphatic heterocycles. The van der Waals surface area contributed by atoms with E-state index in [1.165, 1.54) is 4.90 Å². The van der Waals surface area contributed by atoms with Gasteiger partial charge in [0.05, 0.1) is 19.3 Å². The molecule has 20 heavy (non-hydrogen) atoms. The van der Waals surface area contributed by atoms with Crippen LogP contribution in [0.3, 0.4) is 0 Å². The molecule has 0 aliphatic rings. The third-order valence-corrected chi connectivity index (χ3v) is 3.07. The van der Waals surface area contributed by atoms with E-state index in [9.17, 15) is 14.5 Å². The van der Waals surface area contributed by atoms with Crippen molar-refractivity contribution in [1.82, 2.24) is 4.90 Å². The smallest absolute Gasteiger partial charge is 0.469 e. The number of phosphoric acid groups is 1. The summed E-state index contributed by atoms with van der Waals surface area (Å²) >= 11 is 0. The van der Waals surface area contributed by atoms with E-state index in [1.807, 2.05) is 6.92 Å². The van der Waals surface area contributed by atoms with Crippen molar-refractivity contribution in [2.24, 2.45) is 0 Å². The Morgan fingerprint density at radius 3 is 2.40 bits per heavy atom. The zero-order valence-electron chi connectivity index (χ0n) is 11.3. The van der Waals surface area contributed by atoms with Crippen molar-refractivity contribution in [3.05, 3.63) is 0 Å². The number of carbonyl (C=O) groups is 1. The second-order valence-corrected chi connectivity index (χ2v) is 5.56. The average Bonchev–Trinajstić information content (AvgIpc) is 2.33. The lowest BCUT2D eigenvalue weighted by Gasteiger charge is -2.30. The number of hydrogen-bond donors (Lipinski definition) is 5. The summed E-state index contributed by atoms with van der Waals surface area (Å²) < 4.78 is 14.9. The van der Waals surface area contributed by atoms with Crippen molar-refractivity contribution in [1.29, 1.82) is 0 Å². The lowest BCUT2D eigenvalue weighted by atomic mass is 10.2. The van der Waals surface area contributed by atoms with Crippen LogP contribution >= 0.6 is 7.82 Å². The molecule has 2 atom stereocenters. The maximum Gasteiger partial charge on any atom is 0.469 e. The summed E-state index contributed by atoms with van der Waals surface area (Å²) in [6.45, 7) is 0.825. The van der Waals surface area contributed by atoms with Crippen molar-refractivity contribution in [3.8, 4) is 0 Å². The third-order valence-electron chi connectivity index (χ3n) is 2.58. The molecule has 0 saturated heterocycles. The Balaban J connectivity index is 4.81. The predicted molar refractivity (Wildman–Crippen MR) is 69.0 cm³/mol. The summed E-state index contributed by atoms with van der Waals surface area (Å²) in [4.78, 5) is 29.7. The van der Waals surface area contributed by atoms with Crippen LogP contribution in [0.5, 0.6) is 0 Å². The second-order valence-electron chi connectivity index (χ2n) is 4.33. The van der Waals surface area contributed by atoms with Gasteiger partial charge in [0.1, 0.15) is 6.04 Å². The van der Waals surface area contributed by atoms with Crippen molar-refractivity contribution in [3.63, 3.8) is 0 Å². The highest BCUT2D eigenvalue weighted by atomic mass is 31.2. The van der Waals surface area contributed by atoms with Crippen LogP contribution < -0.4 is 0 Å². The molecule has 5 N–H and O–H groups in total. The van der Waals surface area contributed by atoms with Gasteiger partial charge in [0.25, 0.3) is 0 Å². The molecule has 0 radical (unpaired) electrons. The first-order valence-electron chi connectivity index (χ1n) is 6.17. The Morgan fingerprint density at radius 2 is 2.00 bits per heavy atom. The van der Waals surface area contributed by atoms with E-state index >= 15 is 0 Å². The van der Waals surface area contributed by atoms with Crippen LogP contribution in [0.25, 0.3) is 0 Å². The summed E-state index contributed by atoms with van der Waals surface area (Å²) in [5.74, 6) is -1.32. The van der Waals surface area contributed by atoms with Gasteiger partial charge in [-0.05, 0) is 13.0 Å². The van der Waals surface area contributed by atoms with Crippen LogP contribution in [0.4, 0.5) is 0 Å². The molecule has 0 heterocycles. The SMILES string of the molecule is CCCCN(CC(O)CO)[C@@H](COP(=O)(O)O)C(=O)O. The first kappa shape index (κ1) is 19.5. The molecule has 0 rings (SSSR count). The quantitative estimate of drug-likeness (QED) is 0.303. The molecule has 0 saturated carbocycles. The minimum Gasteiger partial charge on any atom is -0.480 e. The van der Waals surface area contributed by atoms with E-state index in [4.69, 9.17) is 20.0 Å². The fourth-order valence-corrected chi connectivity index (χ4v) is 1.90. The summed E-state index contributed by atoms with van der Waals surface area (Å²) in [6.07, 6.45) is 0.277. The van der Waals surface area contributed by atoms with E-state index in [1.54, 1.807) is 0 Å². The highest BCUT2D eigenvalue weighted by molar-refractivity contribution is 7.46. The predicted octanol–water partition coefficient (Wildman–Crippen LogP) is -0.996. The zero-order chi connectivity index (χ0) is 15.8. The number of hydrogen-bond acceptors (Lipinski definition) is 6. The molecule has 0 spiro atoms. The Kier molecular flexibility index (Phi) is 9.15. The number of rotatable bonds is 11. The topological polar surface area (TPSA) is 148 Å². The summed E-state index contributed by atoms with van der Waals surface area (Å²) in [5.41, 5.74) is 0. The molecule has 0 amide bonds. The number of carboxylic acid groups (broad SMARTS) is 1. The highest BCUT2D eigenvalue weighted by Gasteiger charge is 2.29. The highest BCUT2D eigenvalue weighted by Crippen LogP contribution is 2.36. The van der Waals surface area contributed by atoms with Gasteiger partial charge in [0, 0.05) is 6.54 Å². The average molecular weight is 315 g/mol.